The van der Waals surface area contributed by atoms with Gasteiger partial charge >= 0.3 is 5.97 Å². The van der Waals surface area contributed by atoms with Crippen molar-refractivity contribution in [2.24, 2.45) is 10.9 Å². The second-order valence-electron chi connectivity index (χ2n) is 9.75. The van der Waals surface area contributed by atoms with Gasteiger partial charge in [-0.15, -0.1) is 0 Å². The third-order valence-corrected chi connectivity index (χ3v) is 8.15. The van der Waals surface area contributed by atoms with Crippen molar-refractivity contribution in [2.45, 2.75) is 58.0 Å². The van der Waals surface area contributed by atoms with Gasteiger partial charge in [0.05, 0.1) is 27.4 Å². The first-order chi connectivity index (χ1) is 18.2. The lowest BCUT2D eigenvalue weighted by atomic mass is 9.69. The van der Waals surface area contributed by atoms with E-state index in [9.17, 15) is 9.59 Å². The molecule has 4 atom stereocenters. The fourth-order valence-corrected chi connectivity index (χ4v) is 5.84. The maximum absolute atomic E-state index is 13.9. The van der Waals surface area contributed by atoms with Crippen LogP contribution < -0.4 is 14.2 Å². The number of hydrogen-bond acceptors (Lipinski definition) is 7. The molecule has 38 heavy (non-hydrogen) atoms. The molecule has 0 saturated carbocycles. The van der Waals surface area contributed by atoms with Gasteiger partial charge in [0.15, 0.2) is 17.3 Å². The number of allylic oxidation sites excluding steroid dienone is 2. The molecule has 7 nitrogen and oxygen atoms in total. The maximum Gasteiger partial charge on any atom is 0.315 e. The Bertz CT molecular complexity index is 1280. The van der Waals surface area contributed by atoms with Gasteiger partial charge in [-0.05, 0) is 68.0 Å². The summed E-state index contributed by atoms with van der Waals surface area (Å²) in [5.41, 5.74) is 3.73. The molecule has 0 fully saturated rings. The molecule has 0 amide bonds. The van der Waals surface area contributed by atoms with Crippen molar-refractivity contribution in [3.8, 4) is 17.2 Å². The second kappa shape index (κ2) is 11.7. The summed E-state index contributed by atoms with van der Waals surface area (Å²) in [6, 6.07) is 11.4. The predicted octanol–water partition coefficient (Wildman–Crippen LogP) is 6.39. The molecule has 1 heterocycles. The zero-order valence-corrected chi connectivity index (χ0v) is 24.3. The van der Waals surface area contributed by atoms with Crippen molar-refractivity contribution in [1.29, 1.82) is 0 Å². The number of aliphatic imine (C=N–C) groups is 1. The van der Waals surface area contributed by atoms with Gasteiger partial charge in [0.2, 0.25) is 0 Å². The largest absolute Gasteiger partial charge is 0.497 e. The highest BCUT2D eigenvalue weighted by Crippen LogP contribution is 2.50. The highest BCUT2D eigenvalue weighted by Gasteiger charge is 2.46. The molecule has 2 aliphatic rings. The molecular formula is C30H34BrNO6. The fraction of sp³-hybridized carbons (Fsp3) is 0.433. The lowest BCUT2D eigenvalue weighted by molar-refractivity contribution is -0.151. The fourth-order valence-electron chi connectivity index (χ4n) is 5.28. The van der Waals surface area contributed by atoms with Gasteiger partial charge in [0.25, 0.3) is 0 Å². The summed E-state index contributed by atoms with van der Waals surface area (Å²) in [7, 11) is 4.76. The molecular weight excluding hydrogens is 550 g/mol. The van der Waals surface area contributed by atoms with Crippen LogP contribution in [0.2, 0.25) is 0 Å². The molecule has 1 aliphatic heterocycles. The molecule has 0 N–H and O–H groups in total. The van der Waals surface area contributed by atoms with E-state index in [1.54, 1.807) is 27.4 Å². The molecule has 1 unspecified atom stereocenters. The number of benzene rings is 2. The minimum atomic E-state index is -0.737. The minimum Gasteiger partial charge on any atom is -0.497 e. The van der Waals surface area contributed by atoms with E-state index in [1.807, 2.05) is 51.1 Å². The van der Waals surface area contributed by atoms with E-state index in [1.165, 1.54) is 0 Å². The summed E-state index contributed by atoms with van der Waals surface area (Å²) in [6.07, 6.45) is 1.37. The van der Waals surface area contributed by atoms with Crippen LogP contribution in [-0.2, 0) is 14.3 Å². The standard InChI is InChI=1S/C30H34BrNO6/c1-7-16(2)38-30(34)27-17(3)32-23-12-19(18-8-10-20(35-4)11-9-18)13-24(33)29(23)28(27)21-14-25(36-5)26(37-6)15-22(21)31/h8-11,14-16,19,27-28H,7,12-13H2,1-6H3/t16-,19+,27?,28-/m0/s1. The third-order valence-electron chi connectivity index (χ3n) is 7.46. The first kappa shape index (κ1) is 27.9. The Kier molecular flexibility index (Phi) is 8.61. The predicted molar refractivity (Wildman–Crippen MR) is 149 cm³/mol. The topological polar surface area (TPSA) is 83.4 Å². The van der Waals surface area contributed by atoms with Crippen LogP contribution in [0.1, 0.15) is 63.0 Å². The number of carbonyl (C=O) groups is 2. The van der Waals surface area contributed by atoms with Crippen molar-refractivity contribution in [2.75, 3.05) is 21.3 Å². The molecule has 0 saturated heterocycles. The van der Waals surface area contributed by atoms with Crippen LogP contribution >= 0.6 is 15.9 Å². The SMILES string of the molecule is CC[C@H](C)OC(=O)C1C(C)=NC2=C(C(=O)C[C@H](c3ccc(OC)cc3)C2)[C@H]1c1cc(OC)c(OC)cc1Br. The van der Waals surface area contributed by atoms with E-state index in [-0.39, 0.29) is 23.8 Å². The smallest absolute Gasteiger partial charge is 0.315 e. The lowest BCUT2D eigenvalue weighted by Crippen LogP contribution is -2.39. The van der Waals surface area contributed by atoms with Crippen molar-refractivity contribution < 1.29 is 28.5 Å². The molecule has 4 rings (SSSR count). The number of hydrogen-bond donors (Lipinski definition) is 0. The molecule has 0 aromatic heterocycles. The number of Topliss-reactive ketones (excluding diaryl/α,β-unsaturated/α-hetero) is 1. The Morgan fingerprint density at radius 1 is 1.05 bits per heavy atom. The van der Waals surface area contributed by atoms with Gasteiger partial charge in [-0.2, -0.15) is 0 Å². The van der Waals surface area contributed by atoms with Crippen LogP contribution in [0.15, 0.2) is 57.1 Å². The summed E-state index contributed by atoms with van der Waals surface area (Å²) in [6.45, 7) is 5.67. The summed E-state index contributed by atoms with van der Waals surface area (Å²) >= 11 is 3.67. The average molecular weight is 585 g/mol. The second-order valence-corrected chi connectivity index (χ2v) is 10.6. The number of methoxy groups -OCH3 is 3. The van der Waals surface area contributed by atoms with Gasteiger partial charge in [-0.25, -0.2) is 0 Å². The van der Waals surface area contributed by atoms with Gasteiger partial charge in [-0.1, -0.05) is 35.0 Å². The molecule has 2 aromatic rings. The normalized spacial score (nSPS) is 21.8. The third kappa shape index (κ3) is 5.37. The summed E-state index contributed by atoms with van der Waals surface area (Å²) in [4.78, 5) is 32.3. The molecule has 0 spiro atoms. The zero-order chi connectivity index (χ0) is 27.6. The van der Waals surface area contributed by atoms with Crippen molar-refractivity contribution in [3.05, 3.63) is 63.3 Å². The Morgan fingerprint density at radius 2 is 1.71 bits per heavy atom. The monoisotopic (exact) mass is 583 g/mol. The van der Waals surface area contributed by atoms with Crippen molar-refractivity contribution in [1.82, 2.24) is 0 Å². The highest BCUT2D eigenvalue weighted by molar-refractivity contribution is 9.10. The molecule has 8 heteroatoms. The molecule has 2 aromatic carbocycles. The summed E-state index contributed by atoms with van der Waals surface area (Å²) in [5.74, 6) is 0.106. The Balaban J connectivity index is 1.83. The molecule has 0 radical (unpaired) electrons. The minimum absolute atomic E-state index is 0.0122. The van der Waals surface area contributed by atoms with E-state index in [0.29, 0.717) is 46.5 Å². The quantitative estimate of drug-likeness (QED) is 0.335. The van der Waals surface area contributed by atoms with Gasteiger partial charge in [-0.3, -0.25) is 14.6 Å². The van der Waals surface area contributed by atoms with Crippen LogP contribution in [0.5, 0.6) is 17.2 Å². The zero-order valence-electron chi connectivity index (χ0n) is 22.7. The van der Waals surface area contributed by atoms with E-state index in [0.717, 1.165) is 22.6 Å². The first-order valence-electron chi connectivity index (χ1n) is 12.8. The number of rotatable bonds is 8. The molecule has 1 aliphatic carbocycles. The van der Waals surface area contributed by atoms with Crippen molar-refractivity contribution >= 4 is 33.4 Å². The number of ether oxygens (including phenoxy) is 4. The van der Waals surface area contributed by atoms with Crippen LogP contribution in [-0.4, -0.2) is 44.9 Å². The van der Waals surface area contributed by atoms with Gasteiger partial charge in [0.1, 0.15) is 11.7 Å². The van der Waals surface area contributed by atoms with Crippen LogP contribution in [0, 0.1) is 5.92 Å². The van der Waals surface area contributed by atoms with E-state index < -0.39 is 11.8 Å². The van der Waals surface area contributed by atoms with Crippen LogP contribution in [0.4, 0.5) is 0 Å². The number of esters is 1. The number of carbonyl (C=O) groups excluding carboxylic acids is 2. The van der Waals surface area contributed by atoms with E-state index in [4.69, 9.17) is 23.9 Å². The number of halogens is 1. The Morgan fingerprint density at radius 3 is 2.32 bits per heavy atom. The van der Waals surface area contributed by atoms with Gasteiger partial charge in [0, 0.05) is 33.8 Å². The van der Waals surface area contributed by atoms with E-state index >= 15 is 0 Å². The lowest BCUT2D eigenvalue weighted by Gasteiger charge is -2.37. The first-order valence-corrected chi connectivity index (χ1v) is 13.6. The van der Waals surface area contributed by atoms with E-state index in [2.05, 4.69) is 15.9 Å². The molecule has 202 valence electrons. The van der Waals surface area contributed by atoms with Crippen LogP contribution in [0.25, 0.3) is 0 Å². The van der Waals surface area contributed by atoms with Crippen LogP contribution in [0.3, 0.4) is 0 Å². The summed E-state index contributed by atoms with van der Waals surface area (Å²) < 4.78 is 22.9. The maximum atomic E-state index is 13.9. The van der Waals surface area contributed by atoms with Gasteiger partial charge < -0.3 is 18.9 Å². The highest BCUT2D eigenvalue weighted by atomic mass is 79.9. The summed E-state index contributed by atoms with van der Waals surface area (Å²) in [5, 5.41) is 0. The molecule has 0 bridgehead atoms. The Labute approximate surface area is 232 Å². The number of nitrogens with zero attached hydrogens (tertiary/aromatic N) is 1. The Hall–Kier alpha value is -3.13. The van der Waals surface area contributed by atoms with Crippen molar-refractivity contribution in [3.63, 3.8) is 0 Å². The number of ketones is 1. The average Bonchev–Trinajstić information content (AvgIpc) is 2.91.